The summed E-state index contributed by atoms with van der Waals surface area (Å²) in [7, 11) is -3.76. The van der Waals surface area contributed by atoms with Crippen LogP contribution < -0.4 is 16.0 Å². The molecule has 10 heteroatoms. The minimum absolute atomic E-state index is 0.120. The third kappa shape index (κ3) is 5.60. The molecule has 1 aliphatic heterocycles. The molecule has 0 bridgehead atoms. The van der Waals surface area contributed by atoms with Gasteiger partial charge in [0.2, 0.25) is 5.09 Å². The van der Waals surface area contributed by atoms with Gasteiger partial charge >= 0.3 is 6.03 Å². The standard InChI is InChI=1S/C23H24N4O5S/c28-22(20-12-13-21(32-20)33(30,31)27-14-5-2-6-15-27)24-18-10-7-11-19(16-18)26-23(29)25-17-8-3-1-4-9-17/h1,3-4,7-13,16H,2,5-6,14-15H2,(H,24,28)(H2,25,26,29). The van der Waals surface area contributed by atoms with Crippen LogP contribution in [0.3, 0.4) is 0 Å². The van der Waals surface area contributed by atoms with Gasteiger partial charge in [-0.05, 0) is 55.3 Å². The molecule has 0 spiro atoms. The highest BCUT2D eigenvalue weighted by Crippen LogP contribution is 2.23. The first-order chi connectivity index (χ1) is 15.9. The Labute approximate surface area is 191 Å². The molecule has 4 rings (SSSR count). The number of anilines is 3. The van der Waals surface area contributed by atoms with Crippen molar-refractivity contribution in [3.63, 3.8) is 0 Å². The second-order valence-corrected chi connectivity index (χ2v) is 9.43. The van der Waals surface area contributed by atoms with Gasteiger partial charge in [-0.3, -0.25) is 4.79 Å². The number of para-hydroxylation sites is 1. The Bertz CT molecular complexity index is 1230. The van der Waals surface area contributed by atoms with Crippen molar-refractivity contribution in [2.45, 2.75) is 24.4 Å². The summed E-state index contributed by atoms with van der Waals surface area (Å²) in [5.74, 6) is -0.716. The number of rotatable bonds is 6. The van der Waals surface area contributed by atoms with Crippen LogP contribution in [0.4, 0.5) is 21.9 Å². The summed E-state index contributed by atoms with van der Waals surface area (Å²) < 4.78 is 32.2. The fraction of sp³-hybridized carbons (Fsp3) is 0.217. The van der Waals surface area contributed by atoms with Crippen molar-refractivity contribution in [2.75, 3.05) is 29.0 Å². The zero-order chi connectivity index (χ0) is 23.3. The van der Waals surface area contributed by atoms with Crippen molar-refractivity contribution in [1.82, 2.24) is 4.31 Å². The molecular weight excluding hydrogens is 444 g/mol. The normalized spacial score (nSPS) is 14.4. The van der Waals surface area contributed by atoms with Crippen LogP contribution in [0.5, 0.6) is 0 Å². The van der Waals surface area contributed by atoms with Crippen LogP contribution in [-0.4, -0.2) is 37.8 Å². The lowest BCUT2D eigenvalue weighted by Crippen LogP contribution is -2.35. The second-order valence-electron chi connectivity index (χ2n) is 7.56. The van der Waals surface area contributed by atoms with Gasteiger partial charge in [0.15, 0.2) is 5.76 Å². The summed E-state index contributed by atoms with van der Waals surface area (Å²) in [6, 6.07) is 17.8. The highest BCUT2D eigenvalue weighted by Gasteiger charge is 2.29. The summed E-state index contributed by atoms with van der Waals surface area (Å²) in [5, 5.41) is 7.81. The van der Waals surface area contributed by atoms with Crippen LogP contribution in [-0.2, 0) is 10.0 Å². The number of amides is 3. The number of carbonyl (C=O) groups excluding carboxylic acids is 2. The number of hydrogen-bond acceptors (Lipinski definition) is 5. The Morgan fingerprint density at radius 1 is 0.758 bits per heavy atom. The van der Waals surface area contributed by atoms with Crippen LogP contribution in [0, 0.1) is 0 Å². The van der Waals surface area contributed by atoms with Gasteiger partial charge < -0.3 is 20.4 Å². The summed E-state index contributed by atoms with van der Waals surface area (Å²) >= 11 is 0. The highest BCUT2D eigenvalue weighted by atomic mass is 32.2. The van der Waals surface area contributed by atoms with E-state index in [9.17, 15) is 18.0 Å². The Balaban J connectivity index is 1.39. The molecule has 0 aliphatic carbocycles. The van der Waals surface area contributed by atoms with Crippen molar-refractivity contribution in [3.05, 3.63) is 72.5 Å². The maximum Gasteiger partial charge on any atom is 0.323 e. The first-order valence-corrected chi connectivity index (χ1v) is 12.0. The maximum absolute atomic E-state index is 12.7. The first kappa shape index (κ1) is 22.6. The van der Waals surface area contributed by atoms with Gasteiger partial charge in [0.05, 0.1) is 0 Å². The largest absolute Gasteiger partial charge is 0.438 e. The zero-order valence-corrected chi connectivity index (χ0v) is 18.6. The lowest BCUT2D eigenvalue weighted by Gasteiger charge is -2.24. The lowest BCUT2D eigenvalue weighted by atomic mass is 10.2. The van der Waals surface area contributed by atoms with E-state index in [1.165, 1.54) is 16.4 Å². The van der Waals surface area contributed by atoms with E-state index in [1.807, 2.05) is 18.2 Å². The number of nitrogens with one attached hydrogen (secondary N) is 3. The monoisotopic (exact) mass is 468 g/mol. The average Bonchev–Trinajstić information content (AvgIpc) is 3.32. The molecular formula is C23H24N4O5S. The number of urea groups is 1. The van der Waals surface area contributed by atoms with Crippen LogP contribution in [0.25, 0.3) is 0 Å². The summed E-state index contributed by atoms with van der Waals surface area (Å²) in [5.41, 5.74) is 1.52. The van der Waals surface area contributed by atoms with E-state index in [-0.39, 0.29) is 10.9 Å². The van der Waals surface area contributed by atoms with Gasteiger partial charge in [0, 0.05) is 30.2 Å². The predicted octanol–water partition coefficient (Wildman–Crippen LogP) is 4.35. The number of piperidine rings is 1. The lowest BCUT2D eigenvalue weighted by molar-refractivity contribution is 0.0991. The van der Waals surface area contributed by atoms with Crippen molar-refractivity contribution >= 4 is 39.0 Å². The fourth-order valence-corrected chi connectivity index (χ4v) is 4.92. The van der Waals surface area contributed by atoms with Crippen LogP contribution >= 0.6 is 0 Å². The van der Waals surface area contributed by atoms with Gasteiger partial charge in [-0.15, -0.1) is 0 Å². The molecule has 1 saturated heterocycles. The Morgan fingerprint density at radius 2 is 1.39 bits per heavy atom. The maximum atomic E-state index is 12.7. The number of sulfonamides is 1. The molecule has 0 saturated carbocycles. The zero-order valence-electron chi connectivity index (χ0n) is 17.8. The minimum Gasteiger partial charge on any atom is -0.438 e. The molecule has 1 fully saturated rings. The van der Waals surface area contributed by atoms with E-state index >= 15 is 0 Å². The molecule has 1 aliphatic rings. The third-order valence-corrected chi connectivity index (χ3v) is 6.90. The van der Waals surface area contributed by atoms with Gasteiger partial charge in [0.1, 0.15) is 0 Å². The molecule has 172 valence electrons. The summed E-state index contributed by atoms with van der Waals surface area (Å²) in [4.78, 5) is 24.8. The molecule has 2 aromatic carbocycles. The van der Waals surface area contributed by atoms with E-state index in [0.29, 0.717) is 30.2 Å². The molecule has 3 aromatic rings. The first-order valence-electron chi connectivity index (χ1n) is 10.6. The van der Waals surface area contributed by atoms with Crippen molar-refractivity contribution in [2.24, 2.45) is 0 Å². The number of hydrogen-bond donors (Lipinski definition) is 3. The summed E-state index contributed by atoms with van der Waals surface area (Å²) in [6.45, 7) is 0.893. The molecule has 0 radical (unpaired) electrons. The molecule has 0 unspecified atom stereocenters. The van der Waals surface area contributed by atoms with E-state index < -0.39 is 22.0 Å². The average molecular weight is 469 g/mol. The number of furan rings is 1. The Morgan fingerprint density at radius 3 is 2.12 bits per heavy atom. The van der Waals surface area contributed by atoms with E-state index in [2.05, 4.69) is 16.0 Å². The minimum atomic E-state index is -3.76. The number of benzene rings is 2. The Hall–Kier alpha value is -3.63. The molecule has 33 heavy (non-hydrogen) atoms. The second kappa shape index (κ2) is 9.88. The third-order valence-electron chi connectivity index (χ3n) is 5.12. The highest BCUT2D eigenvalue weighted by molar-refractivity contribution is 7.89. The van der Waals surface area contributed by atoms with E-state index in [1.54, 1.807) is 36.4 Å². The molecule has 3 amide bonds. The fourth-order valence-electron chi connectivity index (χ4n) is 3.50. The van der Waals surface area contributed by atoms with Crippen molar-refractivity contribution in [3.8, 4) is 0 Å². The molecule has 3 N–H and O–H groups in total. The van der Waals surface area contributed by atoms with Gasteiger partial charge in [-0.1, -0.05) is 30.7 Å². The van der Waals surface area contributed by atoms with Crippen molar-refractivity contribution in [1.29, 1.82) is 0 Å². The molecule has 1 aromatic heterocycles. The predicted molar refractivity (Wildman–Crippen MR) is 125 cm³/mol. The number of nitrogens with zero attached hydrogens (tertiary/aromatic N) is 1. The molecule has 9 nitrogen and oxygen atoms in total. The van der Waals surface area contributed by atoms with Crippen molar-refractivity contribution < 1.29 is 22.4 Å². The molecule has 2 heterocycles. The van der Waals surface area contributed by atoms with Crippen LogP contribution in [0.15, 0.2) is 76.2 Å². The van der Waals surface area contributed by atoms with E-state index in [0.717, 1.165) is 19.3 Å². The number of carbonyl (C=O) groups is 2. The SMILES string of the molecule is O=C(Nc1ccccc1)Nc1cccc(NC(=O)c2ccc(S(=O)(=O)N3CCCCC3)o2)c1. The smallest absolute Gasteiger partial charge is 0.323 e. The molecule has 0 atom stereocenters. The quantitative estimate of drug-likeness (QED) is 0.497. The summed E-state index contributed by atoms with van der Waals surface area (Å²) in [6.07, 6.45) is 2.61. The van der Waals surface area contributed by atoms with Gasteiger partial charge in [-0.25, -0.2) is 13.2 Å². The van der Waals surface area contributed by atoms with E-state index in [4.69, 9.17) is 4.42 Å². The Kier molecular flexibility index (Phi) is 6.76. The van der Waals surface area contributed by atoms with Crippen LogP contribution in [0.1, 0.15) is 29.8 Å². The van der Waals surface area contributed by atoms with Crippen LogP contribution in [0.2, 0.25) is 0 Å². The van der Waals surface area contributed by atoms with Gasteiger partial charge in [0.25, 0.3) is 15.9 Å². The topological polar surface area (TPSA) is 121 Å². The van der Waals surface area contributed by atoms with Gasteiger partial charge in [-0.2, -0.15) is 4.31 Å².